The molecule has 0 radical (unpaired) electrons. The Morgan fingerprint density at radius 1 is 1.23 bits per heavy atom. The number of rotatable bonds is 6. The number of oxazole rings is 1. The highest BCUT2D eigenvalue weighted by atomic mass is 35.5. The molecule has 0 saturated heterocycles. The van der Waals surface area contributed by atoms with Gasteiger partial charge in [-0.1, -0.05) is 23.7 Å². The lowest BCUT2D eigenvalue weighted by molar-refractivity contribution is 0.0685. The number of carboxylic acids is 1. The fraction of sp³-hybridized carbons (Fsp3) is 0.100. The van der Waals surface area contributed by atoms with Crippen molar-refractivity contribution in [3.8, 4) is 22.9 Å². The number of hydrogen-bond donors (Lipinski definition) is 1. The van der Waals surface area contributed by atoms with Crippen LogP contribution in [0, 0.1) is 5.82 Å². The summed E-state index contributed by atoms with van der Waals surface area (Å²) in [5, 5.41) is 14.4. The third-order valence-electron chi connectivity index (χ3n) is 4.14. The van der Waals surface area contributed by atoms with Gasteiger partial charge >= 0.3 is 5.97 Å². The smallest absolute Gasteiger partial charge is 0.358 e. The Bertz CT molecular complexity index is 1210. The van der Waals surface area contributed by atoms with Gasteiger partial charge < -0.3 is 14.0 Å². The Morgan fingerprint density at radius 3 is 2.63 bits per heavy atom. The number of aromatic nitrogens is 3. The number of pyridine rings is 1. The number of carbonyl (C=O) groups is 1. The molecule has 0 aliphatic carbocycles. The standard InChI is InChI=1S/C20H13ClFN3O4S/c1-2-13-15(19(26)27)25-29-17(13)16-20(30-14-8-5-11(21)9-23-14)28-18(24-16)10-3-6-12(22)7-4-10/h3-9H,2H2,1H3,(H,26,27). The molecule has 3 aromatic heterocycles. The average Bonchev–Trinajstić information content (AvgIpc) is 3.34. The zero-order valence-corrected chi connectivity index (χ0v) is 17.0. The lowest BCUT2D eigenvalue weighted by atomic mass is 10.1. The Kier molecular flexibility index (Phi) is 5.56. The van der Waals surface area contributed by atoms with Crippen molar-refractivity contribution in [2.75, 3.05) is 0 Å². The van der Waals surface area contributed by atoms with Crippen LogP contribution >= 0.6 is 23.4 Å². The predicted octanol–water partition coefficient (Wildman–Crippen LogP) is 5.60. The molecular formula is C20H13ClFN3O4S. The molecule has 0 saturated carbocycles. The average molecular weight is 446 g/mol. The SMILES string of the molecule is CCc1c(C(=O)O)noc1-c1nc(-c2ccc(F)cc2)oc1Sc1ccc(Cl)cn1. The van der Waals surface area contributed by atoms with Crippen molar-refractivity contribution in [2.24, 2.45) is 0 Å². The van der Waals surface area contributed by atoms with Gasteiger partial charge in [0.25, 0.3) is 0 Å². The van der Waals surface area contributed by atoms with Crippen LogP contribution in [0.2, 0.25) is 5.02 Å². The highest BCUT2D eigenvalue weighted by Crippen LogP contribution is 2.40. The first-order chi connectivity index (χ1) is 14.5. The van der Waals surface area contributed by atoms with Crippen LogP contribution in [-0.2, 0) is 6.42 Å². The molecule has 0 aliphatic rings. The molecule has 0 atom stereocenters. The largest absolute Gasteiger partial charge is 0.476 e. The number of halogens is 2. The van der Waals surface area contributed by atoms with Gasteiger partial charge in [-0.05, 0) is 54.6 Å². The van der Waals surface area contributed by atoms with Gasteiger partial charge in [-0.25, -0.2) is 19.2 Å². The first-order valence-corrected chi connectivity index (χ1v) is 9.94. The van der Waals surface area contributed by atoms with Gasteiger partial charge in [-0.15, -0.1) is 0 Å². The predicted molar refractivity (Wildman–Crippen MR) is 107 cm³/mol. The summed E-state index contributed by atoms with van der Waals surface area (Å²) < 4.78 is 24.5. The molecule has 0 fully saturated rings. The Labute approximate surface area is 178 Å². The first-order valence-electron chi connectivity index (χ1n) is 8.74. The van der Waals surface area contributed by atoms with Crippen molar-refractivity contribution in [1.82, 2.24) is 15.1 Å². The molecule has 0 amide bonds. The number of nitrogens with zero attached hydrogens (tertiary/aromatic N) is 3. The van der Waals surface area contributed by atoms with Crippen LogP contribution in [0.3, 0.4) is 0 Å². The van der Waals surface area contributed by atoms with E-state index < -0.39 is 5.97 Å². The van der Waals surface area contributed by atoms with E-state index in [0.29, 0.717) is 32.7 Å². The van der Waals surface area contributed by atoms with Gasteiger partial charge in [0.05, 0.1) is 5.02 Å². The number of benzene rings is 1. The molecule has 0 bridgehead atoms. The van der Waals surface area contributed by atoms with E-state index in [2.05, 4.69) is 15.1 Å². The fourth-order valence-corrected chi connectivity index (χ4v) is 3.64. The zero-order chi connectivity index (χ0) is 21.3. The minimum atomic E-state index is -1.20. The summed E-state index contributed by atoms with van der Waals surface area (Å²) in [5.41, 5.74) is 1.05. The van der Waals surface area contributed by atoms with Crippen LogP contribution in [0.15, 0.2) is 61.7 Å². The van der Waals surface area contributed by atoms with Crippen molar-refractivity contribution in [3.63, 3.8) is 0 Å². The maximum atomic E-state index is 13.3. The Balaban J connectivity index is 1.84. The van der Waals surface area contributed by atoms with Crippen molar-refractivity contribution >= 4 is 29.3 Å². The van der Waals surface area contributed by atoms with Crippen LogP contribution < -0.4 is 0 Å². The lowest BCUT2D eigenvalue weighted by Crippen LogP contribution is -2.01. The summed E-state index contributed by atoms with van der Waals surface area (Å²) in [5.74, 6) is -1.17. The summed E-state index contributed by atoms with van der Waals surface area (Å²) in [6.45, 7) is 1.79. The van der Waals surface area contributed by atoms with Gasteiger partial charge in [0.1, 0.15) is 10.8 Å². The van der Waals surface area contributed by atoms with E-state index in [1.165, 1.54) is 42.2 Å². The van der Waals surface area contributed by atoms with E-state index in [-0.39, 0.29) is 28.9 Å². The normalized spacial score (nSPS) is 11.0. The van der Waals surface area contributed by atoms with Gasteiger partial charge in [0.15, 0.2) is 22.2 Å². The molecule has 4 rings (SSSR count). The van der Waals surface area contributed by atoms with Crippen LogP contribution in [0.5, 0.6) is 0 Å². The molecule has 10 heteroatoms. The lowest BCUT2D eigenvalue weighted by Gasteiger charge is -2.00. The van der Waals surface area contributed by atoms with E-state index in [0.717, 1.165) is 0 Å². The van der Waals surface area contributed by atoms with Gasteiger partial charge in [-0.3, -0.25) is 0 Å². The van der Waals surface area contributed by atoms with Gasteiger partial charge in [0.2, 0.25) is 5.89 Å². The molecule has 7 nitrogen and oxygen atoms in total. The van der Waals surface area contributed by atoms with E-state index in [9.17, 15) is 14.3 Å². The highest BCUT2D eigenvalue weighted by molar-refractivity contribution is 7.99. The fourth-order valence-electron chi connectivity index (χ4n) is 2.74. The third-order valence-corrected chi connectivity index (χ3v) is 5.28. The molecule has 3 heterocycles. The molecule has 4 aromatic rings. The maximum Gasteiger partial charge on any atom is 0.358 e. The molecule has 0 unspecified atom stereocenters. The van der Waals surface area contributed by atoms with Crippen molar-refractivity contribution in [3.05, 3.63) is 64.7 Å². The van der Waals surface area contributed by atoms with Gasteiger partial charge in [0, 0.05) is 17.3 Å². The molecular weight excluding hydrogens is 433 g/mol. The molecule has 30 heavy (non-hydrogen) atoms. The minimum Gasteiger partial charge on any atom is -0.476 e. The monoisotopic (exact) mass is 445 g/mol. The van der Waals surface area contributed by atoms with Crippen LogP contribution in [0.25, 0.3) is 22.9 Å². The second-order valence-electron chi connectivity index (χ2n) is 6.08. The topological polar surface area (TPSA) is 102 Å². The Hall–Kier alpha value is -3.17. The molecule has 1 N–H and O–H groups in total. The summed E-state index contributed by atoms with van der Waals surface area (Å²) in [6.07, 6.45) is 1.86. The van der Waals surface area contributed by atoms with E-state index in [1.54, 1.807) is 19.1 Å². The van der Waals surface area contributed by atoms with Gasteiger partial charge in [-0.2, -0.15) is 0 Å². The van der Waals surface area contributed by atoms with Crippen LogP contribution in [0.1, 0.15) is 23.0 Å². The molecule has 0 spiro atoms. The summed E-state index contributed by atoms with van der Waals surface area (Å²) >= 11 is 7.06. The number of carboxylic acid groups (broad SMARTS) is 1. The maximum absolute atomic E-state index is 13.3. The first kappa shape index (κ1) is 20.1. The van der Waals surface area contributed by atoms with E-state index >= 15 is 0 Å². The quantitative estimate of drug-likeness (QED) is 0.409. The van der Waals surface area contributed by atoms with E-state index in [1.807, 2.05) is 0 Å². The highest BCUT2D eigenvalue weighted by Gasteiger charge is 2.28. The summed E-state index contributed by atoms with van der Waals surface area (Å²) in [6, 6.07) is 9.04. The van der Waals surface area contributed by atoms with E-state index in [4.69, 9.17) is 20.5 Å². The van der Waals surface area contributed by atoms with Crippen LogP contribution in [0.4, 0.5) is 4.39 Å². The van der Waals surface area contributed by atoms with Crippen LogP contribution in [-0.4, -0.2) is 26.2 Å². The Morgan fingerprint density at radius 2 is 2.00 bits per heavy atom. The second kappa shape index (κ2) is 8.29. The summed E-state index contributed by atoms with van der Waals surface area (Å²) in [4.78, 5) is 20.2. The zero-order valence-electron chi connectivity index (χ0n) is 15.4. The number of hydrogen-bond acceptors (Lipinski definition) is 7. The number of aromatic carboxylic acids is 1. The molecule has 0 aliphatic heterocycles. The van der Waals surface area contributed by atoms with Crippen molar-refractivity contribution in [2.45, 2.75) is 23.5 Å². The third kappa shape index (κ3) is 3.94. The minimum absolute atomic E-state index is 0.181. The van der Waals surface area contributed by atoms with Crippen molar-refractivity contribution in [1.29, 1.82) is 0 Å². The van der Waals surface area contributed by atoms with Crippen molar-refractivity contribution < 1.29 is 23.2 Å². The molecule has 152 valence electrons. The second-order valence-corrected chi connectivity index (χ2v) is 7.51. The molecule has 1 aromatic carbocycles. The summed E-state index contributed by atoms with van der Waals surface area (Å²) in [7, 11) is 0.